The van der Waals surface area contributed by atoms with Gasteiger partial charge in [-0.2, -0.15) is 0 Å². The van der Waals surface area contributed by atoms with Crippen molar-refractivity contribution in [1.82, 2.24) is 34.7 Å². The fourth-order valence-electron chi connectivity index (χ4n) is 4.83. The average molecular weight is 396 g/mol. The first kappa shape index (κ1) is 17.2. The van der Waals surface area contributed by atoms with Gasteiger partial charge in [0.1, 0.15) is 23.2 Å². The highest BCUT2D eigenvalue weighted by atomic mass is 15.4. The van der Waals surface area contributed by atoms with Crippen LogP contribution in [0.1, 0.15) is 32.0 Å². The van der Waals surface area contributed by atoms with Crippen molar-refractivity contribution in [2.75, 3.05) is 11.4 Å². The van der Waals surface area contributed by atoms with E-state index in [-0.39, 0.29) is 5.54 Å². The Balaban J connectivity index is 1.55. The minimum Gasteiger partial charge on any atom is -0.342 e. The zero-order chi connectivity index (χ0) is 20.1. The molecule has 5 heterocycles. The fourth-order valence-corrected chi connectivity index (χ4v) is 4.83. The molecule has 0 aliphatic carbocycles. The van der Waals surface area contributed by atoms with Crippen LogP contribution in [0, 0.1) is 0 Å². The standard InChI is InChI=1S/C22H20N8/c1-2-22-9-6-12-30(22)20-16(29-14-26-28-21(22)29)13-25-19(27-20)18-17(23-10-11-24-18)15-7-4-3-5-8-15/h3-5,7-8,10-11,13-14H,2,6,9,12H2,1H3/t22-/m0/s1. The average Bonchev–Trinajstić information content (AvgIpc) is 3.47. The van der Waals surface area contributed by atoms with Crippen molar-refractivity contribution >= 4 is 5.82 Å². The third-order valence-corrected chi connectivity index (χ3v) is 6.26. The number of anilines is 1. The van der Waals surface area contributed by atoms with E-state index in [0.29, 0.717) is 11.5 Å². The molecule has 0 bridgehead atoms. The van der Waals surface area contributed by atoms with Crippen LogP contribution < -0.4 is 4.90 Å². The molecule has 1 saturated heterocycles. The lowest BCUT2D eigenvalue weighted by atomic mass is 9.90. The van der Waals surface area contributed by atoms with Gasteiger partial charge < -0.3 is 4.90 Å². The predicted octanol–water partition coefficient (Wildman–Crippen LogP) is 3.40. The van der Waals surface area contributed by atoms with E-state index in [2.05, 4.69) is 37.0 Å². The summed E-state index contributed by atoms with van der Waals surface area (Å²) in [7, 11) is 0. The first-order valence-corrected chi connectivity index (χ1v) is 10.2. The third-order valence-electron chi connectivity index (χ3n) is 6.26. The van der Waals surface area contributed by atoms with Gasteiger partial charge >= 0.3 is 0 Å². The van der Waals surface area contributed by atoms with Gasteiger partial charge in [0.2, 0.25) is 0 Å². The van der Waals surface area contributed by atoms with Crippen LogP contribution in [0.4, 0.5) is 5.82 Å². The normalized spacial score (nSPS) is 19.3. The lowest BCUT2D eigenvalue weighted by Gasteiger charge is -2.42. The Kier molecular flexibility index (Phi) is 3.68. The van der Waals surface area contributed by atoms with Crippen LogP contribution in [0.2, 0.25) is 0 Å². The van der Waals surface area contributed by atoms with E-state index in [1.807, 2.05) is 41.1 Å². The Bertz CT molecular complexity index is 1230. The van der Waals surface area contributed by atoms with Crippen LogP contribution in [-0.2, 0) is 5.54 Å². The maximum absolute atomic E-state index is 5.02. The summed E-state index contributed by atoms with van der Waals surface area (Å²) in [5, 5.41) is 8.67. The first-order chi connectivity index (χ1) is 14.8. The van der Waals surface area contributed by atoms with Gasteiger partial charge in [0.15, 0.2) is 17.5 Å². The second-order valence-corrected chi connectivity index (χ2v) is 7.69. The molecule has 0 amide bonds. The Morgan fingerprint density at radius 1 is 1.03 bits per heavy atom. The van der Waals surface area contributed by atoms with Gasteiger partial charge in [0.25, 0.3) is 0 Å². The third kappa shape index (κ3) is 2.27. The summed E-state index contributed by atoms with van der Waals surface area (Å²) in [6, 6.07) is 10.0. The number of nitrogens with zero attached hydrogens (tertiary/aromatic N) is 8. The maximum atomic E-state index is 5.02. The molecule has 8 nitrogen and oxygen atoms in total. The van der Waals surface area contributed by atoms with E-state index >= 15 is 0 Å². The Morgan fingerprint density at radius 3 is 2.70 bits per heavy atom. The van der Waals surface area contributed by atoms with Crippen LogP contribution in [-0.4, -0.2) is 41.2 Å². The molecule has 2 aliphatic rings. The number of fused-ring (bicyclic) bond motifs is 6. The van der Waals surface area contributed by atoms with Crippen LogP contribution in [0.5, 0.6) is 0 Å². The van der Waals surface area contributed by atoms with Crippen LogP contribution in [0.3, 0.4) is 0 Å². The molecule has 0 unspecified atom stereocenters. The molecule has 2 aliphatic heterocycles. The van der Waals surface area contributed by atoms with Crippen molar-refractivity contribution in [3.05, 3.63) is 61.1 Å². The summed E-state index contributed by atoms with van der Waals surface area (Å²) < 4.78 is 2.04. The van der Waals surface area contributed by atoms with E-state index in [1.165, 1.54) is 0 Å². The van der Waals surface area contributed by atoms with Crippen molar-refractivity contribution < 1.29 is 0 Å². The van der Waals surface area contributed by atoms with Crippen LogP contribution in [0.15, 0.2) is 55.2 Å². The largest absolute Gasteiger partial charge is 0.342 e. The summed E-state index contributed by atoms with van der Waals surface area (Å²) >= 11 is 0. The quantitative estimate of drug-likeness (QED) is 0.525. The van der Waals surface area contributed by atoms with Gasteiger partial charge in [-0.1, -0.05) is 37.3 Å². The maximum Gasteiger partial charge on any atom is 0.182 e. The topological polar surface area (TPSA) is 85.5 Å². The molecule has 3 aromatic heterocycles. The summed E-state index contributed by atoms with van der Waals surface area (Å²) in [6.07, 6.45) is 10.1. The molecule has 0 saturated carbocycles. The van der Waals surface area contributed by atoms with Crippen molar-refractivity contribution in [3.63, 3.8) is 0 Å². The second-order valence-electron chi connectivity index (χ2n) is 7.69. The first-order valence-electron chi connectivity index (χ1n) is 10.2. The molecule has 0 radical (unpaired) electrons. The van der Waals surface area contributed by atoms with E-state index in [0.717, 1.165) is 54.4 Å². The van der Waals surface area contributed by atoms with E-state index < -0.39 is 0 Å². The van der Waals surface area contributed by atoms with Crippen molar-refractivity contribution in [1.29, 1.82) is 0 Å². The number of rotatable bonds is 3. The minimum atomic E-state index is -0.167. The number of aromatic nitrogens is 7. The zero-order valence-corrected chi connectivity index (χ0v) is 16.6. The summed E-state index contributed by atoms with van der Waals surface area (Å²) in [5.41, 5.74) is 3.20. The van der Waals surface area contributed by atoms with E-state index in [1.54, 1.807) is 18.7 Å². The number of benzene rings is 1. The SMILES string of the molecule is CC[C@@]12CCCN1c1nc(-c3nccnc3-c3ccccc3)ncc1-n1cnnc12. The summed E-state index contributed by atoms with van der Waals surface area (Å²) in [4.78, 5) is 21.3. The molecular formula is C22H20N8. The van der Waals surface area contributed by atoms with E-state index in [9.17, 15) is 0 Å². The fraction of sp³-hybridized carbons (Fsp3) is 0.273. The Morgan fingerprint density at radius 2 is 1.87 bits per heavy atom. The van der Waals surface area contributed by atoms with Crippen molar-refractivity contribution in [2.24, 2.45) is 0 Å². The number of hydrogen-bond acceptors (Lipinski definition) is 7. The second kappa shape index (κ2) is 6.41. The molecule has 4 aromatic rings. The molecule has 6 rings (SSSR count). The van der Waals surface area contributed by atoms with Gasteiger partial charge in [0, 0.05) is 24.5 Å². The van der Waals surface area contributed by atoms with Gasteiger partial charge in [0.05, 0.1) is 11.9 Å². The highest BCUT2D eigenvalue weighted by Gasteiger charge is 2.49. The molecule has 0 spiro atoms. The molecule has 0 N–H and O–H groups in total. The molecule has 1 aromatic carbocycles. The lowest BCUT2D eigenvalue weighted by molar-refractivity contribution is 0.382. The Labute approximate surface area is 173 Å². The predicted molar refractivity (Wildman–Crippen MR) is 112 cm³/mol. The summed E-state index contributed by atoms with van der Waals surface area (Å²) in [6.45, 7) is 3.15. The van der Waals surface area contributed by atoms with Gasteiger partial charge in [-0.15, -0.1) is 10.2 Å². The van der Waals surface area contributed by atoms with Crippen LogP contribution >= 0.6 is 0 Å². The lowest BCUT2D eigenvalue weighted by Crippen LogP contribution is -2.46. The highest BCUT2D eigenvalue weighted by Crippen LogP contribution is 2.48. The Hall–Kier alpha value is -3.68. The molecular weight excluding hydrogens is 376 g/mol. The van der Waals surface area contributed by atoms with Gasteiger partial charge in [-0.25, -0.2) is 15.0 Å². The van der Waals surface area contributed by atoms with Gasteiger partial charge in [-0.05, 0) is 19.3 Å². The molecule has 30 heavy (non-hydrogen) atoms. The molecule has 1 fully saturated rings. The zero-order valence-electron chi connectivity index (χ0n) is 16.6. The highest BCUT2D eigenvalue weighted by molar-refractivity contribution is 5.76. The molecule has 148 valence electrons. The van der Waals surface area contributed by atoms with Crippen molar-refractivity contribution in [3.8, 4) is 28.5 Å². The van der Waals surface area contributed by atoms with Gasteiger partial charge in [-0.3, -0.25) is 9.55 Å². The smallest absolute Gasteiger partial charge is 0.182 e. The summed E-state index contributed by atoms with van der Waals surface area (Å²) in [5.74, 6) is 2.47. The molecule has 8 heteroatoms. The van der Waals surface area contributed by atoms with Crippen molar-refractivity contribution in [2.45, 2.75) is 31.7 Å². The number of hydrogen-bond donors (Lipinski definition) is 0. The molecule has 1 atom stereocenters. The van der Waals surface area contributed by atoms with E-state index in [4.69, 9.17) is 4.98 Å². The minimum absolute atomic E-state index is 0.167. The monoisotopic (exact) mass is 396 g/mol. The van der Waals surface area contributed by atoms with Crippen LogP contribution in [0.25, 0.3) is 28.5 Å².